The van der Waals surface area contributed by atoms with Gasteiger partial charge in [-0.1, -0.05) is 12.1 Å². The summed E-state index contributed by atoms with van der Waals surface area (Å²) in [6, 6.07) is 9.87. The predicted molar refractivity (Wildman–Crippen MR) is 98.8 cm³/mol. The number of anilines is 1. The lowest BCUT2D eigenvalue weighted by Crippen LogP contribution is -2.48. The van der Waals surface area contributed by atoms with Gasteiger partial charge < -0.3 is 5.32 Å². The Morgan fingerprint density at radius 3 is 2.57 bits per heavy atom. The van der Waals surface area contributed by atoms with E-state index in [1.54, 1.807) is 11.3 Å². The van der Waals surface area contributed by atoms with E-state index in [0.29, 0.717) is 6.54 Å². The third kappa shape index (κ3) is 4.88. The molecule has 1 aliphatic heterocycles. The molecule has 0 bridgehead atoms. The molecule has 3 rings (SSSR count). The number of rotatable bonds is 5. The highest BCUT2D eigenvalue weighted by Crippen LogP contribution is 2.21. The van der Waals surface area contributed by atoms with Crippen molar-refractivity contribution in [1.29, 1.82) is 0 Å². The number of nitrogens with one attached hydrogen (secondary N) is 1. The van der Waals surface area contributed by atoms with E-state index >= 15 is 0 Å². The Morgan fingerprint density at radius 2 is 1.87 bits per heavy atom. The van der Waals surface area contributed by atoms with Gasteiger partial charge in [0, 0.05) is 37.2 Å². The van der Waals surface area contributed by atoms with Gasteiger partial charge in [-0.3, -0.25) is 14.6 Å². The van der Waals surface area contributed by atoms with Crippen molar-refractivity contribution in [2.24, 2.45) is 0 Å². The molecule has 2 heterocycles. The van der Waals surface area contributed by atoms with Crippen LogP contribution >= 0.6 is 27.3 Å². The van der Waals surface area contributed by atoms with Crippen molar-refractivity contribution in [3.05, 3.63) is 51.1 Å². The highest BCUT2D eigenvalue weighted by molar-refractivity contribution is 9.10. The average Bonchev–Trinajstić information content (AvgIpc) is 3.04. The molecule has 0 saturated carbocycles. The fourth-order valence-electron chi connectivity index (χ4n) is 2.70. The number of thiophene rings is 1. The molecule has 0 aliphatic carbocycles. The van der Waals surface area contributed by atoms with Crippen molar-refractivity contribution >= 4 is 38.9 Å². The van der Waals surface area contributed by atoms with Crippen molar-refractivity contribution in [3.63, 3.8) is 0 Å². The fourth-order valence-corrected chi connectivity index (χ4v) is 3.75. The first-order valence-electron chi connectivity index (χ1n) is 7.71. The molecule has 1 aromatic carbocycles. The van der Waals surface area contributed by atoms with Gasteiger partial charge in [-0.2, -0.15) is 11.3 Å². The van der Waals surface area contributed by atoms with Crippen molar-refractivity contribution in [1.82, 2.24) is 9.80 Å². The number of benzene rings is 1. The van der Waals surface area contributed by atoms with Gasteiger partial charge >= 0.3 is 0 Å². The number of halogens is 1. The fraction of sp³-hybridized carbons (Fsp3) is 0.353. The first kappa shape index (κ1) is 16.6. The Hall–Kier alpha value is -1.21. The number of carbonyl (C=O) groups is 1. The highest BCUT2D eigenvalue weighted by atomic mass is 79.9. The van der Waals surface area contributed by atoms with E-state index in [1.807, 2.05) is 24.3 Å². The second-order valence-electron chi connectivity index (χ2n) is 5.71. The van der Waals surface area contributed by atoms with E-state index < -0.39 is 0 Å². The number of piperazine rings is 1. The summed E-state index contributed by atoms with van der Waals surface area (Å²) in [6.07, 6.45) is 0. The molecule has 1 N–H and O–H groups in total. The van der Waals surface area contributed by atoms with Gasteiger partial charge in [0.05, 0.1) is 12.2 Å². The minimum absolute atomic E-state index is 0.0446. The second-order valence-corrected chi connectivity index (χ2v) is 7.35. The van der Waals surface area contributed by atoms with Crippen molar-refractivity contribution in [2.45, 2.75) is 6.54 Å². The Labute approximate surface area is 149 Å². The lowest BCUT2D eigenvalue weighted by atomic mass is 10.2. The van der Waals surface area contributed by atoms with Crippen molar-refractivity contribution in [3.8, 4) is 0 Å². The largest absolute Gasteiger partial charge is 0.324 e. The van der Waals surface area contributed by atoms with Crippen LogP contribution in [0.1, 0.15) is 5.56 Å². The van der Waals surface area contributed by atoms with Crippen LogP contribution in [0.3, 0.4) is 0 Å². The number of hydrogen-bond acceptors (Lipinski definition) is 4. The zero-order valence-corrected chi connectivity index (χ0v) is 15.3. The molecule has 122 valence electrons. The van der Waals surface area contributed by atoms with E-state index in [4.69, 9.17) is 0 Å². The van der Waals surface area contributed by atoms with E-state index in [0.717, 1.165) is 42.9 Å². The van der Waals surface area contributed by atoms with Gasteiger partial charge in [0.1, 0.15) is 0 Å². The summed E-state index contributed by atoms with van der Waals surface area (Å²) >= 11 is 5.20. The summed E-state index contributed by atoms with van der Waals surface area (Å²) < 4.78 is 0.911. The second kappa shape index (κ2) is 8.06. The van der Waals surface area contributed by atoms with Crippen LogP contribution in [0.2, 0.25) is 0 Å². The van der Waals surface area contributed by atoms with Crippen molar-refractivity contribution < 1.29 is 4.79 Å². The Kier molecular flexibility index (Phi) is 5.83. The maximum atomic E-state index is 12.2. The molecular formula is C17H20BrN3OS. The van der Waals surface area contributed by atoms with Crippen LogP contribution in [0.5, 0.6) is 0 Å². The molecule has 23 heavy (non-hydrogen) atoms. The monoisotopic (exact) mass is 393 g/mol. The van der Waals surface area contributed by atoms with E-state index in [9.17, 15) is 4.79 Å². The summed E-state index contributed by atoms with van der Waals surface area (Å²) in [4.78, 5) is 16.9. The summed E-state index contributed by atoms with van der Waals surface area (Å²) in [5.41, 5.74) is 2.21. The molecule has 4 nitrogen and oxygen atoms in total. The molecular weight excluding hydrogens is 374 g/mol. The number of amides is 1. The first-order valence-corrected chi connectivity index (χ1v) is 9.44. The lowest BCUT2D eigenvalue weighted by molar-refractivity contribution is -0.117. The van der Waals surface area contributed by atoms with Crippen LogP contribution in [0.4, 0.5) is 5.69 Å². The molecule has 0 spiro atoms. The summed E-state index contributed by atoms with van der Waals surface area (Å²) in [5, 5.41) is 7.29. The predicted octanol–water partition coefficient (Wildman–Crippen LogP) is 3.27. The van der Waals surface area contributed by atoms with Crippen LogP contribution in [-0.2, 0) is 11.3 Å². The summed E-state index contributed by atoms with van der Waals surface area (Å²) in [6.45, 7) is 5.37. The minimum atomic E-state index is 0.0446. The van der Waals surface area contributed by atoms with Gasteiger partial charge in [0.15, 0.2) is 0 Å². The molecule has 0 radical (unpaired) electrons. The Bertz CT molecular complexity index is 639. The van der Waals surface area contributed by atoms with Crippen LogP contribution < -0.4 is 5.32 Å². The van der Waals surface area contributed by atoms with Crippen LogP contribution in [-0.4, -0.2) is 48.4 Å². The van der Waals surface area contributed by atoms with Gasteiger partial charge in [-0.05, 0) is 50.5 Å². The SMILES string of the molecule is O=C(CN1CCN(Cc2ccsc2)CC1)Nc1ccccc1Br. The molecule has 6 heteroatoms. The van der Waals surface area contributed by atoms with Crippen LogP contribution in [0.25, 0.3) is 0 Å². The molecule has 0 atom stereocenters. The van der Waals surface area contributed by atoms with Crippen LogP contribution in [0.15, 0.2) is 45.6 Å². The topological polar surface area (TPSA) is 35.6 Å². The lowest BCUT2D eigenvalue weighted by Gasteiger charge is -2.34. The molecule has 1 amide bonds. The Balaban J connectivity index is 1.43. The van der Waals surface area contributed by atoms with Crippen LogP contribution in [0, 0.1) is 0 Å². The maximum absolute atomic E-state index is 12.2. The number of nitrogens with zero attached hydrogens (tertiary/aromatic N) is 2. The molecule has 1 fully saturated rings. The van der Waals surface area contributed by atoms with Gasteiger partial charge in [-0.25, -0.2) is 0 Å². The minimum Gasteiger partial charge on any atom is -0.324 e. The number of carbonyl (C=O) groups excluding carboxylic acids is 1. The molecule has 1 saturated heterocycles. The van der Waals surface area contributed by atoms with Gasteiger partial charge in [0.25, 0.3) is 0 Å². The smallest absolute Gasteiger partial charge is 0.238 e. The third-order valence-electron chi connectivity index (χ3n) is 3.97. The first-order chi connectivity index (χ1) is 11.2. The molecule has 0 unspecified atom stereocenters. The summed E-state index contributed by atoms with van der Waals surface area (Å²) in [7, 11) is 0. The third-order valence-corrected chi connectivity index (χ3v) is 5.39. The van der Waals surface area contributed by atoms with E-state index in [2.05, 4.69) is 47.9 Å². The maximum Gasteiger partial charge on any atom is 0.238 e. The normalized spacial score (nSPS) is 16.4. The number of para-hydroxylation sites is 1. The number of hydrogen-bond donors (Lipinski definition) is 1. The quantitative estimate of drug-likeness (QED) is 0.846. The Morgan fingerprint density at radius 1 is 1.13 bits per heavy atom. The molecule has 1 aliphatic rings. The van der Waals surface area contributed by atoms with Crippen molar-refractivity contribution in [2.75, 3.05) is 38.0 Å². The zero-order chi connectivity index (χ0) is 16.1. The highest BCUT2D eigenvalue weighted by Gasteiger charge is 2.19. The molecule has 1 aromatic heterocycles. The summed E-state index contributed by atoms with van der Waals surface area (Å²) in [5.74, 6) is 0.0446. The zero-order valence-electron chi connectivity index (χ0n) is 12.9. The standard InChI is InChI=1S/C17H20BrN3OS/c18-15-3-1-2-4-16(15)19-17(22)12-21-8-6-20(7-9-21)11-14-5-10-23-13-14/h1-5,10,13H,6-9,11-12H2,(H,19,22). The molecule has 2 aromatic rings. The van der Waals surface area contributed by atoms with E-state index in [-0.39, 0.29) is 5.91 Å². The van der Waals surface area contributed by atoms with Gasteiger partial charge in [0.2, 0.25) is 5.91 Å². The average molecular weight is 394 g/mol. The van der Waals surface area contributed by atoms with Gasteiger partial charge in [-0.15, -0.1) is 0 Å². The van der Waals surface area contributed by atoms with E-state index in [1.165, 1.54) is 5.56 Å².